The molecule has 1 aromatic carbocycles. The second kappa shape index (κ2) is 6.30. The number of imidazole rings is 1. The molecule has 2 aromatic rings. The van der Waals surface area contributed by atoms with E-state index in [9.17, 15) is 4.79 Å². The van der Waals surface area contributed by atoms with Crippen LogP contribution in [0.2, 0.25) is 0 Å². The first-order chi connectivity index (χ1) is 8.72. The zero-order valence-electron chi connectivity index (χ0n) is 10.5. The number of H-pyrrole nitrogens is 1. The van der Waals surface area contributed by atoms with Crippen molar-refractivity contribution in [3.8, 4) is 0 Å². The first-order valence-electron chi connectivity index (χ1n) is 5.72. The molecule has 0 bridgehead atoms. The fraction of sp³-hybridized carbons (Fsp3) is 0.231. The largest absolute Gasteiger partial charge is 0.398 e. The minimum Gasteiger partial charge on any atom is -0.393 e. The van der Waals surface area contributed by atoms with Crippen LogP contribution in [0.3, 0.4) is 0 Å². The van der Waals surface area contributed by atoms with E-state index < -0.39 is 0 Å². The molecule has 0 radical (unpaired) electrons. The molecule has 0 saturated carbocycles. The van der Waals surface area contributed by atoms with Gasteiger partial charge in [0, 0.05) is 0 Å². The molecule has 0 fully saturated rings. The Labute approximate surface area is 106 Å². The summed E-state index contributed by atoms with van der Waals surface area (Å²) in [5.41, 5.74) is 6.29. The fourth-order valence-corrected chi connectivity index (χ4v) is 1.48. The summed E-state index contributed by atoms with van der Waals surface area (Å²) in [6.07, 6.45) is 0. The molecule has 1 heterocycles. The van der Waals surface area contributed by atoms with Gasteiger partial charge in [0.25, 0.3) is 5.82 Å². The molecule has 2 rings (SSSR count). The highest BCUT2D eigenvalue weighted by Gasteiger charge is 2.11. The highest BCUT2D eigenvalue weighted by Crippen LogP contribution is 2.17. The molecule has 0 saturated heterocycles. The highest BCUT2D eigenvalue weighted by atomic mass is 16.1. The molecule has 94 valence electrons. The van der Waals surface area contributed by atoms with Crippen molar-refractivity contribution in [1.29, 1.82) is 0 Å². The van der Waals surface area contributed by atoms with Gasteiger partial charge in [0.15, 0.2) is 0 Å². The minimum absolute atomic E-state index is 0.0981. The van der Waals surface area contributed by atoms with Crippen LogP contribution < -0.4 is 11.4 Å². The van der Waals surface area contributed by atoms with Gasteiger partial charge in [-0.25, -0.2) is 4.79 Å². The summed E-state index contributed by atoms with van der Waals surface area (Å²) in [6, 6.07) is 9.47. The maximum absolute atomic E-state index is 11.5. The van der Waals surface area contributed by atoms with Crippen LogP contribution in [-0.4, -0.2) is 9.55 Å². The van der Waals surface area contributed by atoms with Crippen LogP contribution in [0.4, 0.5) is 11.6 Å². The number of benzene rings is 1. The molecular formula is C13H16N4O. The third-order valence-electron chi connectivity index (χ3n) is 2.30. The van der Waals surface area contributed by atoms with Crippen molar-refractivity contribution < 1.29 is 0 Å². The SMILES string of the molecule is CC.[C-]#[N+]c1[nH]c(=O)n(Cc2ccccc2)c1N. The lowest BCUT2D eigenvalue weighted by molar-refractivity contribution is 0.772. The molecule has 3 N–H and O–H groups in total. The second-order valence-corrected chi connectivity index (χ2v) is 3.35. The Balaban J connectivity index is 0.000000771. The Kier molecular flexibility index (Phi) is 4.76. The topological polar surface area (TPSA) is 68.2 Å². The van der Waals surface area contributed by atoms with Crippen LogP contribution in [0, 0.1) is 6.57 Å². The smallest absolute Gasteiger partial charge is 0.393 e. The Hall–Kier alpha value is -2.48. The van der Waals surface area contributed by atoms with E-state index in [2.05, 4.69) is 9.83 Å². The van der Waals surface area contributed by atoms with Crippen molar-refractivity contribution in [3.63, 3.8) is 0 Å². The third-order valence-corrected chi connectivity index (χ3v) is 2.30. The summed E-state index contributed by atoms with van der Waals surface area (Å²) >= 11 is 0. The van der Waals surface area contributed by atoms with Crippen molar-refractivity contribution in [1.82, 2.24) is 9.55 Å². The van der Waals surface area contributed by atoms with Gasteiger partial charge in [0.2, 0.25) is 0 Å². The van der Waals surface area contributed by atoms with E-state index in [1.165, 1.54) is 4.57 Å². The number of nitrogens with two attached hydrogens (primary N) is 1. The summed E-state index contributed by atoms with van der Waals surface area (Å²) in [6.45, 7) is 11.2. The molecule has 0 amide bonds. The van der Waals surface area contributed by atoms with Crippen molar-refractivity contribution in [2.45, 2.75) is 20.4 Å². The lowest BCUT2D eigenvalue weighted by atomic mass is 10.2. The van der Waals surface area contributed by atoms with Crippen LogP contribution in [0.5, 0.6) is 0 Å². The molecule has 0 spiro atoms. The molecule has 0 unspecified atom stereocenters. The highest BCUT2D eigenvalue weighted by molar-refractivity contribution is 5.57. The molecule has 5 nitrogen and oxygen atoms in total. The zero-order chi connectivity index (χ0) is 13.5. The van der Waals surface area contributed by atoms with Gasteiger partial charge in [0.05, 0.1) is 6.54 Å². The summed E-state index contributed by atoms with van der Waals surface area (Å²) in [5, 5.41) is 0. The predicted molar refractivity (Wildman–Crippen MR) is 72.6 cm³/mol. The van der Waals surface area contributed by atoms with E-state index in [-0.39, 0.29) is 17.3 Å². The molecule has 0 aliphatic rings. The lowest BCUT2D eigenvalue weighted by Gasteiger charge is -2.03. The van der Waals surface area contributed by atoms with Gasteiger partial charge in [-0.2, -0.15) is 0 Å². The van der Waals surface area contributed by atoms with Gasteiger partial charge in [-0.15, -0.1) is 0 Å². The Morgan fingerprint density at radius 2 is 1.94 bits per heavy atom. The Morgan fingerprint density at radius 1 is 1.33 bits per heavy atom. The summed E-state index contributed by atoms with van der Waals surface area (Å²) in [4.78, 5) is 17.1. The zero-order valence-corrected chi connectivity index (χ0v) is 10.5. The maximum Gasteiger partial charge on any atom is 0.398 e. The van der Waals surface area contributed by atoms with Crippen molar-refractivity contribution in [2.75, 3.05) is 5.73 Å². The van der Waals surface area contributed by atoms with E-state index in [1.54, 1.807) is 0 Å². The van der Waals surface area contributed by atoms with Crippen molar-refractivity contribution >= 4 is 11.6 Å². The molecule has 18 heavy (non-hydrogen) atoms. The number of nitrogens with zero attached hydrogens (tertiary/aromatic N) is 2. The lowest BCUT2D eigenvalue weighted by Crippen LogP contribution is -2.19. The van der Waals surface area contributed by atoms with Gasteiger partial charge in [-0.3, -0.25) is 9.55 Å². The number of anilines is 1. The van der Waals surface area contributed by atoms with Crippen molar-refractivity contribution in [2.24, 2.45) is 0 Å². The van der Waals surface area contributed by atoms with Crippen LogP contribution >= 0.6 is 0 Å². The number of nitrogen functional groups attached to an aromatic ring is 1. The average Bonchev–Trinajstić information content (AvgIpc) is 2.70. The normalized spacial score (nSPS) is 9.17. The molecule has 5 heteroatoms. The predicted octanol–water partition coefficient (Wildman–Crippen LogP) is 2.38. The van der Waals surface area contributed by atoms with Crippen LogP contribution in [0.15, 0.2) is 35.1 Å². The van der Waals surface area contributed by atoms with E-state index in [4.69, 9.17) is 12.3 Å². The molecule has 0 atom stereocenters. The minimum atomic E-state index is -0.354. The van der Waals surface area contributed by atoms with E-state index >= 15 is 0 Å². The summed E-state index contributed by atoms with van der Waals surface area (Å²) < 4.78 is 1.35. The van der Waals surface area contributed by atoms with Gasteiger partial charge >= 0.3 is 5.69 Å². The van der Waals surface area contributed by atoms with Gasteiger partial charge in [0.1, 0.15) is 5.82 Å². The van der Waals surface area contributed by atoms with Crippen LogP contribution in [0.25, 0.3) is 4.85 Å². The number of rotatable bonds is 2. The summed E-state index contributed by atoms with van der Waals surface area (Å²) in [5.74, 6) is 0.282. The maximum atomic E-state index is 11.5. The monoisotopic (exact) mass is 244 g/mol. The number of aromatic amines is 1. The first-order valence-corrected chi connectivity index (χ1v) is 5.72. The van der Waals surface area contributed by atoms with Gasteiger partial charge < -0.3 is 10.6 Å². The molecule has 0 aliphatic carbocycles. The molecule has 0 aliphatic heterocycles. The Morgan fingerprint density at radius 3 is 2.44 bits per heavy atom. The number of hydrogen-bond acceptors (Lipinski definition) is 2. The summed E-state index contributed by atoms with van der Waals surface area (Å²) in [7, 11) is 0. The van der Waals surface area contributed by atoms with Gasteiger partial charge in [-0.1, -0.05) is 50.8 Å². The van der Waals surface area contributed by atoms with Crippen LogP contribution in [-0.2, 0) is 6.54 Å². The molecular weight excluding hydrogens is 228 g/mol. The standard InChI is InChI=1S/C11H10N4O.C2H6/c1-13-10-9(12)15(11(16)14-10)7-8-5-3-2-4-6-8;1-2/h2-6H,7,12H2,(H,14,16);1-2H3. The first kappa shape index (κ1) is 13.6. The van der Waals surface area contributed by atoms with Crippen LogP contribution in [0.1, 0.15) is 19.4 Å². The second-order valence-electron chi connectivity index (χ2n) is 3.35. The third kappa shape index (κ3) is 2.80. The fourth-order valence-electron chi connectivity index (χ4n) is 1.48. The van der Waals surface area contributed by atoms with Gasteiger partial charge in [-0.05, 0) is 5.56 Å². The molecule has 1 aromatic heterocycles. The number of aromatic nitrogens is 2. The van der Waals surface area contributed by atoms with E-state index in [1.807, 2.05) is 44.2 Å². The van der Waals surface area contributed by atoms with E-state index in [0.29, 0.717) is 6.54 Å². The quantitative estimate of drug-likeness (QED) is 0.796. The van der Waals surface area contributed by atoms with Crippen molar-refractivity contribution in [3.05, 3.63) is 57.8 Å². The Bertz CT molecular complexity index is 590. The average molecular weight is 244 g/mol. The number of hydrogen-bond donors (Lipinski definition) is 2. The van der Waals surface area contributed by atoms with E-state index in [0.717, 1.165) is 5.56 Å². The number of nitrogens with one attached hydrogen (secondary N) is 1.